The Morgan fingerprint density at radius 3 is 2.75 bits per heavy atom. The Morgan fingerprint density at radius 2 is 2.00 bits per heavy atom. The van der Waals surface area contributed by atoms with E-state index in [0.29, 0.717) is 25.7 Å². The van der Waals surface area contributed by atoms with Gasteiger partial charge in [0.25, 0.3) is 0 Å². The minimum atomic E-state index is -0.482. The third-order valence-corrected chi connectivity index (χ3v) is 5.41. The summed E-state index contributed by atoms with van der Waals surface area (Å²) in [4.78, 5) is 4.45. The molecule has 2 aromatic rings. The molecular formula is C22H33N3O3. The van der Waals surface area contributed by atoms with E-state index >= 15 is 0 Å². The largest absolute Gasteiger partial charge is 0.491 e. The molecule has 1 atom stereocenters. The summed E-state index contributed by atoms with van der Waals surface area (Å²) in [7, 11) is 4.16. The average molecular weight is 388 g/mol. The molecule has 0 amide bonds. The van der Waals surface area contributed by atoms with Crippen molar-refractivity contribution in [3.63, 3.8) is 0 Å². The first-order valence-corrected chi connectivity index (χ1v) is 10.3. The second-order valence-corrected chi connectivity index (χ2v) is 7.99. The zero-order valence-corrected chi connectivity index (χ0v) is 17.1. The van der Waals surface area contributed by atoms with Gasteiger partial charge in [0, 0.05) is 25.2 Å². The number of rotatable bonds is 10. The maximum Gasteiger partial charge on any atom is 0.150 e. The highest BCUT2D eigenvalue weighted by atomic mass is 16.5. The quantitative estimate of drug-likeness (QED) is 0.675. The van der Waals surface area contributed by atoms with Crippen LogP contribution in [0.15, 0.2) is 41.1 Å². The van der Waals surface area contributed by atoms with E-state index in [0.717, 1.165) is 23.6 Å². The van der Waals surface area contributed by atoms with E-state index < -0.39 is 6.10 Å². The highest BCUT2D eigenvalue weighted by molar-refractivity contribution is 5.28. The van der Waals surface area contributed by atoms with Crippen molar-refractivity contribution in [2.75, 3.05) is 27.2 Å². The van der Waals surface area contributed by atoms with Crippen molar-refractivity contribution in [2.24, 2.45) is 0 Å². The van der Waals surface area contributed by atoms with Crippen LogP contribution >= 0.6 is 0 Å². The van der Waals surface area contributed by atoms with Crippen molar-refractivity contribution in [2.45, 2.75) is 57.3 Å². The van der Waals surface area contributed by atoms with Crippen molar-refractivity contribution in [1.82, 2.24) is 15.0 Å². The molecule has 1 aliphatic carbocycles. The highest BCUT2D eigenvalue weighted by Gasteiger charge is 2.20. The van der Waals surface area contributed by atoms with Crippen LogP contribution in [0, 0.1) is 0 Å². The fourth-order valence-electron chi connectivity index (χ4n) is 3.94. The number of aromatic nitrogens is 1. The van der Waals surface area contributed by atoms with E-state index in [9.17, 15) is 5.11 Å². The Morgan fingerprint density at radius 1 is 1.18 bits per heavy atom. The number of ether oxygens (including phenoxy) is 1. The number of likely N-dealkylation sites (N-methyl/N-ethyl adjacent to an activating group) is 1. The van der Waals surface area contributed by atoms with E-state index in [1.165, 1.54) is 32.1 Å². The molecule has 0 radical (unpaired) electrons. The summed E-state index contributed by atoms with van der Waals surface area (Å²) in [6.07, 6.45) is 7.62. The van der Waals surface area contributed by atoms with Gasteiger partial charge in [0.15, 0.2) is 5.76 Å². The van der Waals surface area contributed by atoms with E-state index in [2.05, 4.69) is 28.1 Å². The third-order valence-electron chi connectivity index (χ3n) is 5.41. The van der Waals surface area contributed by atoms with Crippen LogP contribution in [-0.4, -0.2) is 59.5 Å². The van der Waals surface area contributed by atoms with Gasteiger partial charge >= 0.3 is 0 Å². The zero-order valence-electron chi connectivity index (χ0n) is 17.1. The smallest absolute Gasteiger partial charge is 0.150 e. The summed E-state index contributed by atoms with van der Waals surface area (Å²) < 4.78 is 11.0. The molecule has 0 bridgehead atoms. The summed E-state index contributed by atoms with van der Waals surface area (Å²) in [6, 6.07) is 10.5. The van der Waals surface area contributed by atoms with Crippen LogP contribution in [0.25, 0.3) is 0 Å². The monoisotopic (exact) mass is 387 g/mol. The van der Waals surface area contributed by atoms with E-state index in [1.807, 2.05) is 31.3 Å². The van der Waals surface area contributed by atoms with Crippen molar-refractivity contribution in [1.29, 1.82) is 0 Å². The summed E-state index contributed by atoms with van der Waals surface area (Å²) in [5, 5.41) is 14.1. The lowest BCUT2D eigenvalue weighted by molar-refractivity contribution is 0.0561. The van der Waals surface area contributed by atoms with Gasteiger partial charge in [0.1, 0.15) is 18.5 Å². The molecule has 154 valence electrons. The fourth-order valence-corrected chi connectivity index (χ4v) is 3.94. The molecule has 1 heterocycles. The Kier molecular flexibility index (Phi) is 7.89. The Hall–Kier alpha value is -1.89. The molecule has 1 aromatic carbocycles. The Balaban J connectivity index is 1.43. The summed E-state index contributed by atoms with van der Waals surface area (Å²) in [6.45, 7) is 2.46. The molecule has 1 N–H and O–H groups in total. The van der Waals surface area contributed by atoms with Crippen LogP contribution in [0.2, 0.25) is 0 Å². The topological polar surface area (TPSA) is 62.0 Å². The number of aliphatic hydroxyl groups is 1. The van der Waals surface area contributed by atoms with Crippen LogP contribution < -0.4 is 4.74 Å². The molecule has 6 heteroatoms. The lowest BCUT2D eigenvalue weighted by atomic mass is 9.94. The zero-order chi connectivity index (χ0) is 19.8. The van der Waals surface area contributed by atoms with Crippen LogP contribution in [0.3, 0.4) is 0 Å². The highest BCUT2D eigenvalue weighted by Crippen LogP contribution is 2.22. The second-order valence-electron chi connectivity index (χ2n) is 7.99. The Labute approximate surface area is 168 Å². The normalized spacial score (nSPS) is 16.6. The van der Waals surface area contributed by atoms with Crippen LogP contribution in [0.1, 0.15) is 43.4 Å². The fraction of sp³-hybridized carbons (Fsp3) is 0.591. The van der Waals surface area contributed by atoms with Gasteiger partial charge in [-0.05, 0) is 44.6 Å². The van der Waals surface area contributed by atoms with Gasteiger partial charge in [-0.25, -0.2) is 0 Å². The van der Waals surface area contributed by atoms with Crippen LogP contribution in [0.4, 0.5) is 0 Å². The number of nitrogens with zero attached hydrogens (tertiary/aromatic N) is 3. The molecule has 0 aliphatic heterocycles. The first kappa shape index (κ1) is 20.8. The standard InChI is InChI=1S/C22H33N3O3/c1-24(16-22-11-12-23-28-22)14-18-7-6-10-21(13-18)27-17-20(26)15-25(2)19-8-4-3-5-9-19/h6-7,10-13,19-20,26H,3-5,8-9,14-17H2,1-2H3. The predicted molar refractivity (Wildman–Crippen MR) is 109 cm³/mol. The molecule has 1 saturated carbocycles. The van der Waals surface area contributed by atoms with Crippen molar-refractivity contribution < 1.29 is 14.4 Å². The summed E-state index contributed by atoms with van der Waals surface area (Å²) >= 11 is 0. The van der Waals surface area contributed by atoms with Crippen molar-refractivity contribution >= 4 is 0 Å². The molecule has 1 unspecified atom stereocenters. The SMILES string of the molecule is CN(Cc1cccc(OCC(O)CN(C)C2CCCCC2)c1)Cc1ccno1. The Bertz CT molecular complexity index is 686. The number of aliphatic hydroxyl groups excluding tert-OH is 1. The summed E-state index contributed by atoms with van der Waals surface area (Å²) in [5.41, 5.74) is 1.16. The van der Waals surface area contributed by atoms with E-state index in [1.54, 1.807) is 6.20 Å². The van der Waals surface area contributed by atoms with E-state index in [-0.39, 0.29) is 0 Å². The van der Waals surface area contributed by atoms with Crippen LogP contribution in [-0.2, 0) is 13.1 Å². The molecular weight excluding hydrogens is 354 g/mol. The van der Waals surface area contributed by atoms with Gasteiger partial charge in [0.05, 0.1) is 12.7 Å². The lowest BCUT2D eigenvalue weighted by Crippen LogP contribution is -2.40. The molecule has 1 fully saturated rings. The lowest BCUT2D eigenvalue weighted by Gasteiger charge is -2.32. The molecule has 1 aromatic heterocycles. The number of benzene rings is 1. The maximum atomic E-state index is 10.4. The van der Waals surface area contributed by atoms with Gasteiger partial charge in [-0.15, -0.1) is 0 Å². The first-order valence-electron chi connectivity index (χ1n) is 10.3. The first-order chi connectivity index (χ1) is 13.6. The van der Waals surface area contributed by atoms with Crippen LogP contribution in [0.5, 0.6) is 5.75 Å². The maximum absolute atomic E-state index is 10.4. The molecule has 28 heavy (non-hydrogen) atoms. The summed E-state index contributed by atoms with van der Waals surface area (Å²) in [5.74, 6) is 1.64. The third kappa shape index (κ3) is 6.62. The predicted octanol–water partition coefficient (Wildman–Crippen LogP) is 3.31. The average Bonchev–Trinajstić information content (AvgIpc) is 3.20. The number of hydrogen-bond donors (Lipinski definition) is 1. The molecule has 0 saturated heterocycles. The second kappa shape index (κ2) is 10.6. The van der Waals surface area contributed by atoms with Crippen molar-refractivity contribution in [3.05, 3.63) is 47.9 Å². The van der Waals surface area contributed by atoms with Gasteiger partial charge in [-0.3, -0.25) is 4.90 Å². The molecule has 6 nitrogen and oxygen atoms in total. The minimum absolute atomic E-state index is 0.314. The van der Waals surface area contributed by atoms with Gasteiger partial charge < -0.3 is 19.3 Å². The minimum Gasteiger partial charge on any atom is -0.491 e. The van der Waals surface area contributed by atoms with Gasteiger partial charge in [-0.2, -0.15) is 0 Å². The van der Waals surface area contributed by atoms with Gasteiger partial charge in [-0.1, -0.05) is 36.6 Å². The van der Waals surface area contributed by atoms with Crippen molar-refractivity contribution in [3.8, 4) is 5.75 Å². The molecule has 3 rings (SSSR count). The number of hydrogen-bond acceptors (Lipinski definition) is 6. The van der Waals surface area contributed by atoms with E-state index in [4.69, 9.17) is 9.26 Å². The molecule has 1 aliphatic rings. The molecule has 0 spiro atoms. The van der Waals surface area contributed by atoms with Gasteiger partial charge in [0.2, 0.25) is 0 Å².